The van der Waals surface area contributed by atoms with Crippen LogP contribution in [0, 0.1) is 13.8 Å². The van der Waals surface area contributed by atoms with Gasteiger partial charge in [0, 0.05) is 4.88 Å². The Morgan fingerprint density at radius 1 is 1.28 bits per heavy atom. The number of hydrogen-bond acceptors (Lipinski definition) is 7. The lowest BCUT2D eigenvalue weighted by Gasteiger charge is -2.07. The molecular weight excluding hydrogens is 356 g/mol. The number of aromatic nitrogens is 3. The van der Waals surface area contributed by atoms with Gasteiger partial charge in [-0.25, -0.2) is 4.98 Å². The minimum atomic E-state index is -0.366. The molecule has 0 aliphatic carbocycles. The van der Waals surface area contributed by atoms with Gasteiger partial charge in [0.1, 0.15) is 0 Å². The van der Waals surface area contributed by atoms with E-state index in [0.717, 1.165) is 16.1 Å². The molecule has 2 heterocycles. The summed E-state index contributed by atoms with van der Waals surface area (Å²) in [7, 11) is 0. The normalized spacial score (nSPS) is 12.1. The third-order valence-electron chi connectivity index (χ3n) is 3.55. The van der Waals surface area contributed by atoms with Gasteiger partial charge in [0.15, 0.2) is 5.13 Å². The number of carbonyl (C=O) groups is 1. The molecule has 3 rings (SSSR count). The highest BCUT2D eigenvalue weighted by Crippen LogP contribution is 2.25. The van der Waals surface area contributed by atoms with Gasteiger partial charge in [0.25, 0.3) is 5.22 Å². The Balaban J connectivity index is 1.57. The first-order valence-corrected chi connectivity index (χ1v) is 9.48. The SMILES string of the molecule is Cc1nc(NC(=O)[C@H](C)Sc2nnc(Cc3ccccc3)o2)sc1C. The van der Waals surface area contributed by atoms with Crippen LogP contribution < -0.4 is 5.32 Å². The molecule has 0 aliphatic rings. The van der Waals surface area contributed by atoms with Crippen molar-refractivity contribution in [2.45, 2.75) is 37.7 Å². The lowest BCUT2D eigenvalue weighted by molar-refractivity contribution is -0.115. The first-order valence-electron chi connectivity index (χ1n) is 7.79. The maximum atomic E-state index is 12.3. The van der Waals surface area contributed by atoms with Crippen LogP contribution >= 0.6 is 23.1 Å². The molecule has 1 N–H and O–H groups in total. The Morgan fingerprint density at radius 3 is 2.72 bits per heavy atom. The number of benzene rings is 1. The minimum Gasteiger partial charge on any atom is -0.416 e. The molecule has 0 spiro atoms. The summed E-state index contributed by atoms with van der Waals surface area (Å²) in [6.45, 7) is 5.70. The van der Waals surface area contributed by atoms with Gasteiger partial charge >= 0.3 is 0 Å². The molecule has 3 aromatic rings. The molecule has 0 radical (unpaired) electrons. The topological polar surface area (TPSA) is 80.9 Å². The third kappa shape index (κ3) is 4.67. The van der Waals surface area contributed by atoms with E-state index in [9.17, 15) is 4.79 Å². The number of nitrogens with zero attached hydrogens (tertiary/aromatic N) is 3. The fourth-order valence-electron chi connectivity index (χ4n) is 2.07. The van der Waals surface area contributed by atoms with E-state index in [4.69, 9.17) is 4.42 Å². The number of aryl methyl sites for hydroxylation is 2. The monoisotopic (exact) mass is 374 g/mol. The van der Waals surface area contributed by atoms with Gasteiger partial charge in [-0.15, -0.1) is 21.5 Å². The van der Waals surface area contributed by atoms with Gasteiger partial charge in [-0.05, 0) is 26.3 Å². The zero-order valence-corrected chi connectivity index (χ0v) is 15.8. The molecule has 8 heteroatoms. The van der Waals surface area contributed by atoms with Crippen LogP contribution in [-0.2, 0) is 11.2 Å². The minimum absolute atomic E-state index is 0.137. The van der Waals surface area contributed by atoms with Crippen molar-refractivity contribution < 1.29 is 9.21 Å². The highest BCUT2D eigenvalue weighted by atomic mass is 32.2. The van der Waals surface area contributed by atoms with E-state index < -0.39 is 0 Å². The molecule has 0 aliphatic heterocycles. The van der Waals surface area contributed by atoms with Gasteiger partial charge < -0.3 is 9.73 Å². The van der Waals surface area contributed by atoms with Crippen molar-refractivity contribution in [3.63, 3.8) is 0 Å². The van der Waals surface area contributed by atoms with Crippen LogP contribution in [0.15, 0.2) is 40.0 Å². The van der Waals surface area contributed by atoms with Gasteiger partial charge in [0.05, 0.1) is 17.4 Å². The van der Waals surface area contributed by atoms with Gasteiger partial charge in [-0.1, -0.05) is 42.1 Å². The third-order valence-corrected chi connectivity index (χ3v) is 5.47. The molecule has 1 atom stereocenters. The molecule has 2 aromatic heterocycles. The van der Waals surface area contributed by atoms with Gasteiger partial charge in [0.2, 0.25) is 11.8 Å². The van der Waals surface area contributed by atoms with E-state index in [1.165, 1.54) is 23.1 Å². The van der Waals surface area contributed by atoms with E-state index in [1.54, 1.807) is 6.92 Å². The predicted molar refractivity (Wildman–Crippen MR) is 99.1 cm³/mol. The number of nitrogens with one attached hydrogen (secondary N) is 1. The summed E-state index contributed by atoms with van der Waals surface area (Å²) >= 11 is 2.71. The maximum absolute atomic E-state index is 12.3. The summed E-state index contributed by atoms with van der Waals surface area (Å²) in [4.78, 5) is 17.7. The number of anilines is 1. The first kappa shape index (κ1) is 17.6. The second-order valence-electron chi connectivity index (χ2n) is 5.53. The molecule has 6 nitrogen and oxygen atoms in total. The standard InChI is InChI=1S/C17H18N4O2S2/c1-10-11(2)24-16(18-10)19-15(22)12(3)25-17-21-20-14(23-17)9-13-7-5-4-6-8-13/h4-8,12H,9H2,1-3H3,(H,18,19,22)/t12-/m0/s1. The van der Waals surface area contributed by atoms with Crippen LogP contribution in [-0.4, -0.2) is 26.3 Å². The van der Waals surface area contributed by atoms with Crippen LogP contribution in [0.1, 0.15) is 28.9 Å². The Hall–Kier alpha value is -2.19. The lowest BCUT2D eigenvalue weighted by atomic mass is 10.2. The largest absolute Gasteiger partial charge is 0.416 e. The average molecular weight is 374 g/mol. The summed E-state index contributed by atoms with van der Waals surface area (Å²) in [5.41, 5.74) is 2.03. The predicted octanol–water partition coefficient (Wildman–Crippen LogP) is 3.85. The van der Waals surface area contributed by atoms with E-state index in [-0.39, 0.29) is 11.2 Å². The molecule has 0 fully saturated rings. The number of thiazole rings is 1. The van der Waals surface area contributed by atoms with Crippen molar-refractivity contribution in [2.24, 2.45) is 0 Å². The fraction of sp³-hybridized carbons (Fsp3) is 0.294. The molecule has 25 heavy (non-hydrogen) atoms. The van der Waals surface area contributed by atoms with Gasteiger partial charge in [-0.2, -0.15) is 0 Å². The zero-order chi connectivity index (χ0) is 17.8. The van der Waals surface area contributed by atoms with E-state index in [2.05, 4.69) is 20.5 Å². The van der Waals surface area contributed by atoms with E-state index in [1.807, 2.05) is 44.2 Å². The highest BCUT2D eigenvalue weighted by Gasteiger charge is 2.19. The Morgan fingerprint density at radius 2 is 2.04 bits per heavy atom. The molecule has 0 unspecified atom stereocenters. The van der Waals surface area contributed by atoms with E-state index in [0.29, 0.717) is 22.7 Å². The van der Waals surface area contributed by atoms with Crippen LogP contribution in [0.2, 0.25) is 0 Å². The number of thioether (sulfide) groups is 1. The second kappa shape index (κ2) is 7.79. The Bertz CT molecular complexity index is 841. The Labute approximate surface area is 154 Å². The van der Waals surface area contributed by atoms with Crippen LogP contribution in [0.4, 0.5) is 5.13 Å². The number of amides is 1. The molecule has 0 bridgehead atoms. The van der Waals surface area contributed by atoms with Crippen LogP contribution in [0.3, 0.4) is 0 Å². The summed E-state index contributed by atoms with van der Waals surface area (Å²) < 4.78 is 5.63. The van der Waals surface area contributed by atoms with Crippen molar-refractivity contribution >= 4 is 34.1 Å². The average Bonchev–Trinajstić information content (AvgIpc) is 3.14. The van der Waals surface area contributed by atoms with Crippen molar-refractivity contribution in [1.29, 1.82) is 0 Å². The second-order valence-corrected chi connectivity index (χ2v) is 8.03. The molecule has 1 aromatic carbocycles. The number of carbonyl (C=O) groups excluding carboxylic acids is 1. The summed E-state index contributed by atoms with van der Waals surface area (Å²) in [6.07, 6.45) is 0.576. The molecule has 0 saturated carbocycles. The maximum Gasteiger partial charge on any atom is 0.277 e. The summed E-state index contributed by atoms with van der Waals surface area (Å²) in [5, 5.41) is 11.5. The Kier molecular flexibility index (Phi) is 5.50. The number of hydrogen-bond donors (Lipinski definition) is 1. The number of rotatable bonds is 6. The first-order chi connectivity index (χ1) is 12.0. The van der Waals surface area contributed by atoms with Crippen molar-refractivity contribution in [2.75, 3.05) is 5.32 Å². The molecular formula is C17H18N4O2S2. The lowest BCUT2D eigenvalue weighted by Crippen LogP contribution is -2.22. The van der Waals surface area contributed by atoms with Crippen LogP contribution in [0.5, 0.6) is 0 Å². The fourth-order valence-corrected chi connectivity index (χ4v) is 3.58. The smallest absolute Gasteiger partial charge is 0.277 e. The summed E-state index contributed by atoms with van der Waals surface area (Å²) in [5.74, 6) is 0.397. The zero-order valence-electron chi connectivity index (χ0n) is 14.1. The molecule has 1 amide bonds. The quantitative estimate of drug-likeness (QED) is 0.660. The van der Waals surface area contributed by atoms with Crippen molar-refractivity contribution in [3.05, 3.63) is 52.4 Å². The molecule has 130 valence electrons. The van der Waals surface area contributed by atoms with Crippen molar-refractivity contribution in [3.8, 4) is 0 Å². The van der Waals surface area contributed by atoms with E-state index >= 15 is 0 Å². The van der Waals surface area contributed by atoms with Crippen molar-refractivity contribution in [1.82, 2.24) is 15.2 Å². The summed E-state index contributed by atoms with van der Waals surface area (Å²) in [6, 6.07) is 9.91. The van der Waals surface area contributed by atoms with Crippen LogP contribution in [0.25, 0.3) is 0 Å². The van der Waals surface area contributed by atoms with Gasteiger partial charge in [-0.3, -0.25) is 4.79 Å². The highest BCUT2D eigenvalue weighted by molar-refractivity contribution is 8.00. The molecule has 0 saturated heterocycles.